The van der Waals surface area contributed by atoms with Gasteiger partial charge in [0.15, 0.2) is 0 Å². The number of phenolic OH excluding ortho intramolecular Hbond substituents is 1. The molecule has 1 rings (SSSR count). The monoisotopic (exact) mass is 193 g/mol. The number of aryl methyl sites for hydroxylation is 1. The number of hydrogen-bond donors (Lipinski definition) is 2. The molecule has 1 aromatic rings. The minimum absolute atomic E-state index is 0.300. The van der Waals surface area contributed by atoms with E-state index in [0.29, 0.717) is 5.75 Å². The SMILES string of the molecule is CCC(N)(CC)c1ccc(C)c(O)c1. The zero-order valence-corrected chi connectivity index (χ0v) is 9.17. The van der Waals surface area contributed by atoms with E-state index >= 15 is 0 Å². The third-order valence-corrected chi connectivity index (χ3v) is 3.05. The van der Waals surface area contributed by atoms with E-state index in [-0.39, 0.29) is 5.54 Å². The highest BCUT2D eigenvalue weighted by Crippen LogP contribution is 2.29. The van der Waals surface area contributed by atoms with Crippen LogP contribution in [-0.2, 0) is 5.54 Å². The molecule has 0 saturated heterocycles. The van der Waals surface area contributed by atoms with Gasteiger partial charge in [-0.2, -0.15) is 0 Å². The summed E-state index contributed by atoms with van der Waals surface area (Å²) in [5.41, 5.74) is 7.84. The lowest BCUT2D eigenvalue weighted by Gasteiger charge is -2.27. The summed E-state index contributed by atoms with van der Waals surface area (Å²) in [7, 11) is 0. The van der Waals surface area contributed by atoms with Crippen molar-refractivity contribution in [3.63, 3.8) is 0 Å². The second-order valence-electron chi connectivity index (χ2n) is 3.86. The first kappa shape index (κ1) is 11.1. The first-order valence-corrected chi connectivity index (χ1v) is 5.12. The fourth-order valence-corrected chi connectivity index (χ4v) is 1.58. The summed E-state index contributed by atoms with van der Waals surface area (Å²) in [5, 5.41) is 9.60. The van der Waals surface area contributed by atoms with Crippen LogP contribution in [0.15, 0.2) is 18.2 Å². The topological polar surface area (TPSA) is 46.2 Å². The van der Waals surface area contributed by atoms with Crippen LogP contribution in [0.5, 0.6) is 5.75 Å². The Morgan fingerprint density at radius 1 is 1.29 bits per heavy atom. The van der Waals surface area contributed by atoms with Gasteiger partial charge in [0.1, 0.15) is 5.75 Å². The maximum atomic E-state index is 9.60. The van der Waals surface area contributed by atoms with E-state index < -0.39 is 0 Å². The number of hydrogen-bond acceptors (Lipinski definition) is 2. The molecule has 0 saturated carbocycles. The first-order valence-electron chi connectivity index (χ1n) is 5.12. The molecule has 2 nitrogen and oxygen atoms in total. The molecule has 0 bridgehead atoms. The van der Waals surface area contributed by atoms with E-state index in [0.717, 1.165) is 24.0 Å². The maximum absolute atomic E-state index is 9.60. The summed E-state index contributed by atoms with van der Waals surface area (Å²) in [6.45, 7) is 6.02. The van der Waals surface area contributed by atoms with Crippen LogP contribution < -0.4 is 5.73 Å². The van der Waals surface area contributed by atoms with Crippen LogP contribution in [0.25, 0.3) is 0 Å². The summed E-state index contributed by atoms with van der Waals surface area (Å²) in [4.78, 5) is 0. The van der Waals surface area contributed by atoms with Gasteiger partial charge in [-0.25, -0.2) is 0 Å². The lowest BCUT2D eigenvalue weighted by Crippen LogP contribution is -2.34. The van der Waals surface area contributed by atoms with Crippen LogP contribution in [0.1, 0.15) is 37.8 Å². The fourth-order valence-electron chi connectivity index (χ4n) is 1.58. The third-order valence-electron chi connectivity index (χ3n) is 3.05. The summed E-state index contributed by atoms with van der Waals surface area (Å²) >= 11 is 0. The highest BCUT2D eigenvalue weighted by Gasteiger charge is 2.23. The van der Waals surface area contributed by atoms with Gasteiger partial charge in [0.2, 0.25) is 0 Å². The average molecular weight is 193 g/mol. The Bertz CT molecular complexity index is 316. The highest BCUT2D eigenvalue weighted by atomic mass is 16.3. The molecule has 78 valence electrons. The van der Waals surface area contributed by atoms with Crippen LogP contribution in [0.3, 0.4) is 0 Å². The number of rotatable bonds is 3. The van der Waals surface area contributed by atoms with Gasteiger partial charge in [0, 0.05) is 5.54 Å². The van der Waals surface area contributed by atoms with Crippen molar-refractivity contribution in [2.24, 2.45) is 5.73 Å². The van der Waals surface area contributed by atoms with Gasteiger partial charge >= 0.3 is 0 Å². The molecule has 0 heterocycles. The van der Waals surface area contributed by atoms with Crippen LogP contribution in [0.4, 0.5) is 0 Å². The largest absolute Gasteiger partial charge is 0.508 e. The van der Waals surface area contributed by atoms with Crippen molar-refractivity contribution in [1.29, 1.82) is 0 Å². The highest BCUT2D eigenvalue weighted by molar-refractivity contribution is 5.38. The van der Waals surface area contributed by atoms with Crippen molar-refractivity contribution in [3.05, 3.63) is 29.3 Å². The Kier molecular flexibility index (Phi) is 3.17. The number of nitrogens with two attached hydrogens (primary N) is 1. The van der Waals surface area contributed by atoms with E-state index in [2.05, 4.69) is 13.8 Å². The van der Waals surface area contributed by atoms with Crippen molar-refractivity contribution >= 4 is 0 Å². The van der Waals surface area contributed by atoms with Crippen molar-refractivity contribution in [2.75, 3.05) is 0 Å². The predicted molar refractivity (Wildman–Crippen MR) is 59.3 cm³/mol. The third kappa shape index (κ3) is 1.90. The molecule has 3 N–H and O–H groups in total. The Labute approximate surface area is 85.8 Å². The Morgan fingerprint density at radius 3 is 2.29 bits per heavy atom. The molecule has 14 heavy (non-hydrogen) atoms. The number of phenols is 1. The fraction of sp³-hybridized carbons (Fsp3) is 0.500. The molecular formula is C12H19NO. The first-order chi connectivity index (χ1) is 6.53. The lowest BCUT2D eigenvalue weighted by atomic mass is 9.85. The molecule has 0 aliphatic heterocycles. The minimum Gasteiger partial charge on any atom is -0.508 e. The van der Waals surface area contributed by atoms with Gasteiger partial charge in [-0.3, -0.25) is 0 Å². The second-order valence-corrected chi connectivity index (χ2v) is 3.86. The normalized spacial score (nSPS) is 11.7. The molecule has 0 aliphatic rings. The lowest BCUT2D eigenvalue weighted by molar-refractivity contribution is 0.407. The van der Waals surface area contributed by atoms with E-state index in [1.54, 1.807) is 6.07 Å². The molecule has 0 atom stereocenters. The second kappa shape index (κ2) is 4.01. The summed E-state index contributed by atoms with van der Waals surface area (Å²) < 4.78 is 0. The van der Waals surface area contributed by atoms with Crippen molar-refractivity contribution < 1.29 is 5.11 Å². The standard InChI is InChI=1S/C12H19NO/c1-4-12(13,5-2)10-7-6-9(3)11(14)8-10/h6-8,14H,4-5,13H2,1-3H3. The Hall–Kier alpha value is -1.02. The summed E-state index contributed by atoms with van der Waals surface area (Å²) in [5.74, 6) is 0.333. The minimum atomic E-state index is -0.300. The van der Waals surface area contributed by atoms with Gasteiger partial charge in [-0.1, -0.05) is 26.0 Å². The Morgan fingerprint density at radius 2 is 1.86 bits per heavy atom. The van der Waals surface area contributed by atoms with Gasteiger partial charge in [0.25, 0.3) is 0 Å². The molecule has 2 heteroatoms. The quantitative estimate of drug-likeness (QED) is 0.775. The summed E-state index contributed by atoms with van der Waals surface area (Å²) in [6, 6.07) is 5.70. The molecule has 0 radical (unpaired) electrons. The molecule has 1 aromatic carbocycles. The maximum Gasteiger partial charge on any atom is 0.118 e. The molecule has 0 spiro atoms. The van der Waals surface area contributed by atoms with Gasteiger partial charge in [0.05, 0.1) is 0 Å². The van der Waals surface area contributed by atoms with E-state index in [9.17, 15) is 5.11 Å². The van der Waals surface area contributed by atoms with Crippen LogP contribution in [-0.4, -0.2) is 5.11 Å². The molecule has 0 aliphatic carbocycles. The number of aromatic hydroxyl groups is 1. The van der Waals surface area contributed by atoms with Crippen molar-refractivity contribution in [3.8, 4) is 5.75 Å². The smallest absolute Gasteiger partial charge is 0.118 e. The predicted octanol–water partition coefficient (Wildman–Crippen LogP) is 2.67. The molecular weight excluding hydrogens is 174 g/mol. The Balaban J connectivity index is 3.12. The van der Waals surface area contributed by atoms with E-state index in [1.807, 2.05) is 19.1 Å². The molecule has 0 unspecified atom stereocenters. The van der Waals surface area contributed by atoms with Crippen molar-refractivity contribution in [1.82, 2.24) is 0 Å². The molecule has 0 fully saturated rings. The van der Waals surface area contributed by atoms with Crippen LogP contribution in [0, 0.1) is 6.92 Å². The van der Waals surface area contributed by atoms with Crippen molar-refractivity contribution in [2.45, 2.75) is 39.2 Å². The summed E-state index contributed by atoms with van der Waals surface area (Å²) in [6.07, 6.45) is 1.76. The van der Waals surface area contributed by atoms with Crippen LogP contribution >= 0.6 is 0 Å². The average Bonchev–Trinajstić information content (AvgIpc) is 2.21. The van der Waals surface area contributed by atoms with E-state index in [4.69, 9.17) is 5.73 Å². The molecule has 0 amide bonds. The molecule has 0 aromatic heterocycles. The number of benzene rings is 1. The zero-order valence-electron chi connectivity index (χ0n) is 9.17. The van der Waals surface area contributed by atoms with Gasteiger partial charge in [-0.05, 0) is 37.0 Å². The zero-order chi connectivity index (χ0) is 10.8. The van der Waals surface area contributed by atoms with E-state index in [1.165, 1.54) is 0 Å². The van der Waals surface area contributed by atoms with Crippen LogP contribution in [0.2, 0.25) is 0 Å². The van der Waals surface area contributed by atoms with Gasteiger partial charge < -0.3 is 10.8 Å². The van der Waals surface area contributed by atoms with Gasteiger partial charge in [-0.15, -0.1) is 0 Å².